The van der Waals surface area contributed by atoms with Gasteiger partial charge in [-0.1, -0.05) is 55.0 Å². The average molecular weight is 527 g/mol. The number of halogens is 1. The first-order valence-corrected chi connectivity index (χ1v) is 13.1. The zero-order valence-corrected chi connectivity index (χ0v) is 22.1. The second kappa shape index (κ2) is 11.6. The second-order valence-electron chi connectivity index (χ2n) is 9.73. The maximum atomic E-state index is 13.4. The van der Waals surface area contributed by atoms with Crippen molar-refractivity contribution in [2.75, 3.05) is 6.54 Å². The van der Waals surface area contributed by atoms with Crippen molar-refractivity contribution in [1.82, 2.24) is 10.2 Å². The van der Waals surface area contributed by atoms with Crippen LogP contribution in [0, 0.1) is 12.7 Å². The van der Waals surface area contributed by atoms with Gasteiger partial charge in [-0.3, -0.25) is 9.59 Å². The lowest BCUT2D eigenvalue weighted by molar-refractivity contribution is -0.132. The molecular weight excluding hydrogens is 495 g/mol. The lowest BCUT2D eigenvalue weighted by Gasteiger charge is -2.38. The maximum Gasteiger partial charge on any atom is 0.287 e. The highest BCUT2D eigenvalue weighted by Gasteiger charge is 2.31. The smallest absolute Gasteiger partial charge is 0.287 e. The molecule has 0 saturated heterocycles. The van der Waals surface area contributed by atoms with Crippen LogP contribution in [-0.4, -0.2) is 23.3 Å². The Balaban J connectivity index is 1.29. The Morgan fingerprint density at radius 3 is 2.64 bits per heavy atom. The minimum absolute atomic E-state index is 0.122. The summed E-state index contributed by atoms with van der Waals surface area (Å²) in [5.74, 6) is 0.698. The normalized spacial score (nSPS) is 14.5. The van der Waals surface area contributed by atoms with Gasteiger partial charge in [0.1, 0.15) is 23.9 Å². The molecule has 0 aliphatic carbocycles. The number of carbonyl (C=O) groups is 2. The van der Waals surface area contributed by atoms with Crippen LogP contribution in [-0.2, 0) is 24.4 Å². The van der Waals surface area contributed by atoms with Gasteiger partial charge in [0.2, 0.25) is 5.91 Å². The Hall–Kier alpha value is -4.39. The van der Waals surface area contributed by atoms with Gasteiger partial charge in [-0.15, -0.1) is 0 Å². The number of nitrogens with zero attached hydrogens (tertiary/aromatic N) is 1. The highest BCUT2D eigenvalue weighted by molar-refractivity contribution is 5.91. The molecule has 39 heavy (non-hydrogen) atoms. The number of amides is 2. The number of nitrogens with one attached hydrogen (secondary N) is 1. The molecule has 1 aliphatic heterocycles. The molecule has 1 atom stereocenters. The minimum Gasteiger partial charge on any atom is -0.486 e. The molecule has 2 amide bonds. The van der Waals surface area contributed by atoms with E-state index in [1.54, 1.807) is 24.3 Å². The van der Waals surface area contributed by atoms with Crippen molar-refractivity contribution in [3.05, 3.63) is 124 Å². The number of ether oxygens (including phenoxy) is 1. The Morgan fingerprint density at radius 1 is 1.05 bits per heavy atom. The molecule has 1 aromatic heterocycles. The fourth-order valence-electron chi connectivity index (χ4n) is 4.91. The van der Waals surface area contributed by atoms with Gasteiger partial charge in [0.05, 0.1) is 6.04 Å². The molecule has 0 bridgehead atoms. The molecule has 0 radical (unpaired) electrons. The van der Waals surface area contributed by atoms with Gasteiger partial charge in [0, 0.05) is 19.5 Å². The molecule has 0 saturated carbocycles. The van der Waals surface area contributed by atoms with Crippen molar-refractivity contribution in [3.63, 3.8) is 0 Å². The van der Waals surface area contributed by atoms with E-state index < -0.39 is 0 Å². The van der Waals surface area contributed by atoms with E-state index in [2.05, 4.69) is 35.6 Å². The number of rotatable bonds is 8. The van der Waals surface area contributed by atoms with Crippen molar-refractivity contribution in [2.24, 2.45) is 0 Å². The topological polar surface area (TPSA) is 71.8 Å². The number of aryl methyl sites for hydroxylation is 1. The molecule has 200 valence electrons. The zero-order valence-electron chi connectivity index (χ0n) is 22.1. The van der Waals surface area contributed by atoms with Crippen molar-refractivity contribution in [2.45, 2.75) is 45.9 Å². The molecular formula is C32H31FN2O4. The predicted octanol–water partition coefficient (Wildman–Crippen LogP) is 6.12. The summed E-state index contributed by atoms with van der Waals surface area (Å²) in [5.41, 5.74) is 5.15. The summed E-state index contributed by atoms with van der Waals surface area (Å²) in [6, 6.07) is 23.5. The Labute approximate surface area is 227 Å². The number of furan rings is 1. The number of fused-ring (bicyclic) bond motifs is 1. The van der Waals surface area contributed by atoms with E-state index >= 15 is 0 Å². The van der Waals surface area contributed by atoms with E-state index in [9.17, 15) is 14.0 Å². The van der Waals surface area contributed by atoms with Crippen LogP contribution >= 0.6 is 0 Å². The van der Waals surface area contributed by atoms with Crippen molar-refractivity contribution in [3.8, 4) is 5.75 Å². The summed E-state index contributed by atoms with van der Waals surface area (Å²) in [6.07, 6.45) is 1.24. The standard InChI is InChI=1S/C32H31FN2O4/c1-3-30(36)35-16-15-23-11-12-26(18-28(23)31(35)24-9-7-21(2)8-10-24)38-20-27-13-14-29(39-27)32(37)34-19-22-5-4-6-25(33)17-22/h4-14,17-18,31H,3,15-16,19-20H2,1-2H3,(H,34,37)/t31-/m0/s1. The van der Waals surface area contributed by atoms with Gasteiger partial charge < -0.3 is 19.4 Å². The van der Waals surface area contributed by atoms with E-state index in [0.29, 0.717) is 30.0 Å². The molecule has 0 spiro atoms. The Kier molecular flexibility index (Phi) is 7.77. The van der Waals surface area contributed by atoms with Crippen LogP contribution < -0.4 is 10.1 Å². The second-order valence-corrected chi connectivity index (χ2v) is 9.73. The van der Waals surface area contributed by atoms with Crippen molar-refractivity contribution < 1.29 is 23.1 Å². The molecule has 2 heterocycles. The molecule has 1 N–H and O–H groups in total. The molecule has 6 nitrogen and oxygen atoms in total. The number of hydrogen-bond acceptors (Lipinski definition) is 4. The van der Waals surface area contributed by atoms with Crippen LogP contribution in [0.4, 0.5) is 4.39 Å². The third-order valence-electron chi connectivity index (χ3n) is 6.97. The van der Waals surface area contributed by atoms with Gasteiger partial charge in [-0.05, 0) is 72.0 Å². The lowest BCUT2D eigenvalue weighted by atomic mass is 9.87. The monoisotopic (exact) mass is 526 g/mol. The van der Waals surface area contributed by atoms with E-state index in [0.717, 1.165) is 17.5 Å². The summed E-state index contributed by atoms with van der Waals surface area (Å²) < 4.78 is 25.1. The number of carbonyl (C=O) groups excluding carboxylic acids is 2. The quantitative estimate of drug-likeness (QED) is 0.300. The molecule has 4 aromatic rings. The van der Waals surface area contributed by atoms with Crippen molar-refractivity contribution >= 4 is 11.8 Å². The average Bonchev–Trinajstić information content (AvgIpc) is 3.43. The van der Waals surface area contributed by atoms with E-state index in [1.165, 1.54) is 23.3 Å². The summed E-state index contributed by atoms with van der Waals surface area (Å²) >= 11 is 0. The van der Waals surface area contributed by atoms with Crippen LogP contribution in [0.5, 0.6) is 5.75 Å². The molecule has 7 heteroatoms. The van der Waals surface area contributed by atoms with Gasteiger partial charge in [-0.2, -0.15) is 0 Å². The van der Waals surface area contributed by atoms with Gasteiger partial charge in [0.25, 0.3) is 5.91 Å². The summed E-state index contributed by atoms with van der Waals surface area (Å²) in [4.78, 5) is 27.3. The van der Waals surface area contributed by atoms with Crippen LogP contribution in [0.2, 0.25) is 0 Å². The minimum atomic E-state index is -0.388. The molecule has 1 aliphatic rings. The highest BCUT2D eigenvalue weighted by Crippen LogP contribution is 2.37. The first-order valence-electron chi connectivity index (χ1n) is 13.1. The Morgan fingerprint density at radius 2 is 1.87 bits per heavy atom. The highest BCUT2D eigenvalue weighted by atomic mass is 19.1. The molecule has 0 unspecified atom stereocenters. The van der Waals surface area contributed by atoms with Gasteiger partial charge in [-0.25, -0.2) is 4.39 Å². The third kappa shape index (κ3) is 6.03. The van der Waals surface area contributed by atoms with E-state index in [4.69, 9.17) is 9.15 Å². The number of benzene rings is 3. The first-order chi connectivity index (χ1) is 18.9. The lowest BCUT2D eigenvalue weighted by Crippen LogP contribution is -2.40. The summed E-state index contributed by atoms with van der Waals surface area (Å²) in [6.45, 7) is 4.95. The first kappa shape index (κ1) is 26.2. The van der Waals surface area contributed by atoms with E-state index in [-0.39, 0.29) is 42.6 Å². The van der Waals surface area contributed by atoms with E-state index in [1.807, 2.05) is 30.9 Å². The SMILES string of the molecule is CCC(=O)N1CCc2ccc(OCc3ccc(C(=O)NCc4cccc(F)c4)o3)cc2[C@@H]1c1ccc(C)cc1. The fourth-order valence-corrected chi connectivity index (χ4v) is 4.91. The van der Waals surface area contributed by atoms with Crippen LogP contribution in [0.15, 0.2) is 83.3 Å². The molecule has 3 aromatic carbocycles. The number of hydrogen-bond donors (Lipinski definition) is 1. The largest absolute Gasteiger partial charge is 0.486 e. The maximum absolute atomic E-state index is 13.4. The van der Waals surface area contributed by atoms with Crippen LogP contribution in [0.1, 0.15) is 63.5 Å². The van der Waals surface area contributed by atoms with Crippen LogP contribution in [0.25, 0.3) is 0 Å². The zero-order chi connectivity index (χ0) is 27.4. The van der Waals surface area contributed by atoms with Gasteiger partial charge in [0.15, 0.2) is 5.76 Å². The van der Waals surface area contributed by atoms with Gasteiger partial charge >= 0.3 is 0 Å². The summed E-state index contributed by atoms with van der Waals surface area (Å²) in [5, 5.41) is 2.73. The van der Waals surface area contributed by atoms with Crippen LogP contribution in [0.3, 0.4) is 0 Å². The fraction of sp³-hybridized carbons (Fsp3) is 0.250. The predicted molar refractivity (Wildman–Crippen MR) is 146 cm³/mol. The Bertz CT molecular complexity index is 1480. The third-order valence-corrected chi connectivity index (χ3v) is 6.97. The molecule has 0 fully saturated rings. The molecule has 5 rings (SSSR count). The summed E-state index contributed by atoms with van der Waals surface area (Å²) in [7, 11) is 0. The van der Waals surface area contributed by atoms with Crippen molar-refractivity contribution in [1.29, 1.82) is 0 Å².